The Morgan fingerprint density at radius 3 is 2.81 bits per heavy atom. The molecule has 0 aliphatic rings. The first-order valence-electron chi connectivity index (χ1n) is 6.41. The van der Waals surface area contributed by atoms with E-state index in [-0.39, 0.29) is 10.6 Å². The zero-order valence-corrected chi connectivity index (χ0v) is 11.4. The standard InChI is InChI=1S/C15H13N3O3/c1-21-15-7-2-4-11(16-15)10-17-9-8-12-13(17)5-3-6-14(12)18(19)20/h2-9H,10H2,1H3. The predicted molar refractivity (Wildman–Crippen MR) is 78.5 cm³/mol. The minimum atomic E-state index is -0.365. The first-order valence-corrected chi connectivity index (χ1v) is 6.41. The Hall–Kier alpha value is -2.89. The maximum absolute atomic E-state index is 11.0. The van der Waals surface area contributed by atoms with Crippen molar-refractivity contribution in [2.45, 2.75) is 6.54 Å². The van der Waals surface area contributed by atoms with E-state index in [9.17, 15) is 10.1 Å². The van der Waals surface area contributed by atoms with E-state index in [1.54, 1.807) is 25.3 Å². The van der Waals surface area contributed by atoms with Crippen molar-refractivity contribution < 1.29 is 9.66 Å². The highest BCUT2D eigenvalue weighted by atomic mass is 16.6. The molecule has 0 spiro atoms. The largest absolute Gasteiger partial charge is 0.481 e. The Morgan fingerprint density at radius 2 is 2.05 bits per heavy atom. The van der Waals surface area contributed by atoms with Gasteiger partial charge in [0, 0.05) is 18.3 Å². The van der Waals surface area contributed by atoms with Crippen molar-refractivity contribution in [3.63, 3.8) is 0 Å². The lowest BCUT2D eigenvalue weighted by Gasteiger charge is -2.06. The highest BCUT2D eigenvalue weighted by Gasteiger charge is 2.13. The number of non-ortho nitro benzene ring substituents is 1. The van der Waals surface area contributed by atoms with Gasteiger partial charge in [0.05, 0.1) is 35.2 Å². The molecule has 106 valence electrons. The van der Waals surface area contributed by atoms with Crippen LogP contribution in [0.4, 0.5) is 5.69 Å². The van der Waals surface area contributed by atoms with Crippen LogP contribution < -0.4 is 4.74 Å². The minimum Gasteiger partial charge on any atom is -0.481 e. The summed E-state index contributed by atoms with van der Waals surface area (Å²) in [5.74, 6) is 0.551. The number of methoxy groups -OCH3 is 1. The molecule has 21 heavy (non-hydrogen) atoms. The van der Waals surface area contributed by atoms with Gasteiger partial charge in [-0.3, -0.25) is 10.1 Å². The lowest BCUT2D eigenvalue weighted by atomic mass is 10.2. The Labute approximate surface area is 120 Å². The fourth-order valence-electron chi connectivity index (χ4n) is 2.34. The number of hydrogen-bond donors (Lipinski definition) is 0. The van der Waals surface area contributed by atoms with Gasteiger partial charge >= 0.3 is 0 Å². The topological polar surface area (TPSA) is 70.2 Å². The molecule has 0 aliphatic heterocycles. The molecule has 0 fully saturated rings. The molecule has 2 aromatic heterocycles. The molecule has 0 radical (unpaired) electrons. The van der Waals surface area contributed by atoms with Crippen LogP contribution in [0, 0.1) is 10.1 Å². The fourth-order valence-corrected chi connectivity index (χ4v) is 2.34. The summed E-state index contributed by atoms with van der Waals surface area (Å²) in [7, 11) is 1.57. The van der Waals surface area contributed by atoms with Gasteiger partial charge < -0.3 is 9.30 Å². The van der Waals surface area contributed by atoms with Crippen LogP contribution in [0.1, 0.15) is 5.69 Å². The molecular formula is C15H13N3O3. The summed E-state index contributed by atoms with van der Waals surface area (Å²) < 4.78 is 7.04. The Balaban J connectivity index is 2.01. The first kappa shape index (κ1) is 13.1. The lowest BCUT2D eigenvalue weighted by Crippen LogP contribution is -2.01. The summed E-state index contributed by atoms with van der Waals surface area (Å²) in [6, 6.07) is 12.4. The van der Waals surface area contributed by atoms with E-state index < -0.39 is 0 Å². The maximum Gasteiger partial charge on any atom is 0.278 e. The quantitative estimate of drug-likeness (QED) is 0.545. The second-order valence-corrected chi connectivity index (χ2v) is 4.58. The van der Waals surface area contributed by atoms with Gasteiger partial charge in [-0.05, 0) is 18.2 Å². The molecule has 0 N–H and O–H groups in total. The number of rotatable bonds is 4. The van der Waals surface area contributed by atoms with Crippen molar-refractivity contribution in [2.75, 3.05) is 7.11 Å². The summed E-state index contributed by atoms with van der Waals surface area (Å²) in [5, 5.41) is 11.7. The van der Waals surface area contributed by atoms with Gasteiger partial charge in [0.25, 0.3) is 5.69 Å². The van der Waals surface area contributed by atoms with Crippen LogP contribution in [-0.2, 0) is 6.54 Å². The van der Waals surface area contributed by atoms with Crippen molar-refractivity contribution >= 4 is 16.6 Å². The van der Waals surface area contributed by atoms with E-state index in [0.717, 1.165) is 11.2 Å². The maximum atomic E-state index is 11.0. The molecule has 0 aliphatic carbocycles. The third-order valence-electron chi connectivity index (χ3n) is 3.31. The normalized spacial score (nSPS) is 10.7. The van der Waals surface area contributed by atoms with Crippen molar-refractivity contribution in [2.24, 2.45) is 0 Å². The summed E-state index contributed by atoms with van der Waals surface area (Å²) in [4.78, 5) is 15.0. The molecular weight excluding hydrogens is 270 g/mol. The molecule has 6 heteroatoms. The van der Waals surface area contributed by atoms with Crippen LogP contribution in [0.5, 0.6) is 5.88 Å². The number of fused-ring (bicyclic) bond motifs is 1. The van der Waals surface area contributed by atoms with Crippen LogP contribution in [0.15, 0.2) is 48.7 Å². The SMILES string of the molecule is COc1cccc(Cn2ccc3c([N+](=O)[O-])cccc32)n1. The molecule has 0 saturated heterocycles. The van der Waals surface area contributed by atoms with Crippen LogP contribution in [0.3, 0.4) is 0 Å². The van der Waals surface area contributed by atoms with Crippen LogP contribution in [0.25, 0.3) is 10.9 Å². The van der Waals surface area contributed by atoms with Gasteiger partial charge in [-0.2, -0.15) is 0 Å². The number of nitro benzene ring substituents is 1. The zero-order valence-electron chi connectivity index (χ0n) is 11.4. The first-order chi connectivity index (χ1) is 10.2. The van der Waals surface area contributed by atoms with Gasteiger partial charge in [-0.1, -0.05) is 12.1 Å². The Morgan fingerprint density at radius 1 is 1.24 bits per heavy atom. The molecule has 6 nitrogen and oxygen atoms in total. The van der Waals surface area contributed by atoms with Gasteiger partial charge in [-0.25, -0.2) is 4.98 Å². The lowest BCUT2D eigenvalue weighted by molar-refractivity contribution is -0.383. The number of benzene rings is 1. The van der Waals surface area contributed by atoms with E-state index in [1.165, 1.54) is 6.07 Å². The van der Waals surface area contributed by atoms with Gasteiger partial charge in [-0.15, -0.1) is 0 Å². The van der Waals surface area contributed by atoms with Crippen LogP contribution in [0.2, 0.25) is 0 Å². The average molecular weight is 283 g/mol. The smallest absolute Gasteiger partial charge is 0.278 e. The number of aromatic nitrogens is 2. The third-order valence-corrected chi connectivity index (χ3v) is 3.31. The molecule has 0 atom stereocenters. The van der Waals surface area contributed by atoms with Gasteiger partial charge in [0.15, 0.2) is 0 Å². The minimum absolute atomic E-state index is 0.116. The summed E-state index contributed by atoms with van der Waals surface area (Å²) >= 11 is 0. The Bertz CT molecular complexity index is 811. The van der Waals surface area contributed by atoms with Crippen molar-refractivity contribution in [1.82, 2.24) is 9.55 Å². The van der Waals surface area contributed by atoms with E-state index in [2.05, 4.69) is 4.98 Å². The van der Waals surface area contributed by atoms with Gasteiger partial charge in [0.1, 0.15) is 0 Å². The molecule has 2 heterocycles. The van der Waals surface area contributed by atoms with E-state index >= 15 is 0 Å². The summed E-state index contributed by atoms with van der Waals surface area (Å²) in [5.41, 5.74) is 1.76. The predicted octanol–water partition coefficient (Wildman–Crippen LogP) is 3.00. The van der Waals surface area contributed by atoms with Crippen LogP contribution >= 0.6 is 0 Å². The van der Waals surface area contributed by atoms with Crippen molar-refractivity contribution in [1.29, 1.82) is 0 Å². The number of ether oxygens (including phenoxy) is 1. The molecule has 1 aromatic carbocycles. The molecule has 0 unspecified atom stereocenters. The number of nitro groups is 1. The van der Waals surface area contributed by atoms with Crippen molar-refractivity contribution in [3.8, 4) is 5.88 Å². The van der Waals surface area contributed by atoms with E-state index in [1.807, 2.05) is 29.0 Å². The third kappa shape index (κ3) is 2.43. The van der Waals surface area contributed by atoms with Crippen molar-refractivity contribution in [3.05, 3.63) is 64.5 Å². The van der Waals surface area contributed by atoms with E-state index in [4.69, 9.17) is 4.74 Å². The van der Waals surface area contributed by atoms with Crippen LogP contribution in [-0.4, -0.2) is 21.6 Å². The summed E-state index contributed by atoms with van der Waals surface area (Å²) in [6.45, 7) is 0.530. The molecule has 0 amide bonds. The summed E-state index contributed by atoms with van der Waals surface area (Å²) in [6.07, 6.45) is 1.83. The highest BCUT2D eigenvalue weighted by molar-refractivity contribution is 5.89. The number of nitrogens with zero attached hydrogens (tertiary/aromatic N) is 3. The molecule has 3 aromatic rings. The zero-order chi connectivity index (χ0) is 14.8. The number of hydrogen-bond acceptors (Lipinski definition) is 4. The average Bonchev–Trinajstić information content (AvgIpc) is 2.90. The molecule has 0 bridgehead atoms. The number of pyridine rings is 1. The Kier molecular flexibility index (Phi) is 3.27. The molecule has 0 saturated carbocycles. The fraction of sp³-hybridized carbons (Fsp3) is 0.133. The van der Waals surface area contributed by atoms with Gasteiger partial charge in [0.2, 0.25) is 5.88 Å². The van der Waals surface area contributed by atoms with E-state index in [0.29, 0.717) is 17.8 Å². The second-order valence-electron chi connectivity index (χ2n) is 4.58. The monoisotopic (exact) mass is 283 g/mol. The molecule has 3 rings (SSSR count). The second kappa shape index (κ2) is 5.24. The highest BCUT2D eigenvalue weighted by Crippen LogP contribution is 2.26.